The molecule has 7 nitrogen and oxygen atoms in total. The number of aromatic nitrogens is 2. The average molecular weight is 417 g/mol. The van der Waals surface area contributed by atoms with E-state index in [0.717, 1.165) is 12.1 Å². The third kappa shape index (κ3) is 4.55. The highest BCUT2D eigenvalue weighted by Crippen LogP contribution is 2.30. The molecule has 30 heavy (non-hydrogen) atoms. The van der Waals surface area contributed by atoms with Crippen LogP contribution in [0.15, 0.2) is 24.4 Å². The van der Waals surface area contributed by atoms with Gasteiger partial charge in [0.2, 0.25) is 5.95 Å². The zero-order valence-corrected chi connectivity index (χ0v) is 17.4. The quantitative estimate of drug-likeness (QED) is 0.809. The Bertz CT molecular complexity index is 964. The summed E-state index contributed by atoms with van der Waals surface area (Å²) in [5.41, 5.74) is 1.04. The lowest BCUT2D eigenvalue weighted by Crippen LogP contribution is -2.32. The first-order valence-corrected chi connectivity index (χ1v) is 9.76. The summed E-state index contributed by atoms with van der Waals surface area (Å²) in [7, 11) is 3.61. The summed E-state index contributed by atoms with van der Waals surface area (Å²) in [6.45, 7) is 4.48. The Balaban J connectivity index is 1.86. The van der Waals surface area contributed by atoms with Crippen LogP contribution >= 0.6 is 0 Å². The van der Waals surface area contributed by atoms with E-state index in [9.17, 15) is 18.4 Å². The molecule has 0 aliphatic carbocycles. The summed E-state index contributed by atoms with van der Waals surface area (Å²) < 4.78 is 26.7. The number of nitrogens with one attached hydrogen (secondary N) is 1. The Hall–Kier alpha value is -3.10. The minimum atomic E-state index is -1.06. The molecule has 1 aromatic heterocycles. The third-order valence-electron chi connectivity index (χ3n) is 4.90. The number of hydrogen-bond donors (Lipinski definition) is 1. The Kier molecular flexibility index (Phi) is 6.28. The van der Waals surface area contributed by atoms with E-state index in [2.05, 4.69) is 15.3 Å². The first-order valence-electron chi connectivity index (χ1n) is 9.76. The van der Waals surface area contributed by atoms with Crippen molar-refractivity contribution >= 4 is 17.8 Å². The predicted molar refractivity (Wildman–Crippen MR) is 109 cm³/mol. The lowest BCUT2D eigenvalue weighted by atomic mass is 9.99. The third-order valence-corrected chi connectivity index (χ3v) is 4.90. The van der Waals surface area contributed by atoms with Gasteiger partial charge in [-0.2, -0.15) is 0 Å². The second-order valence-corrected chi connectivity index (χ2v) is 7.86. The van der Waals surface area contributed by atoms with Gasteiger partial charge in [0.15, 0.2) is 11.6 Å². The number of carbonyl (C=O) groups is 2. The highest BCUT2D eigenvalue weighted by atomic mass is 19.2. The molecule has 0 radical (unpaired) electrons. The van der Waals surface area contributed by atoms with Gasteiger partial charge < -0.3 is 15.1 Å². The number of hydrogen-bond acceptors (Lipinski definition) is 5. The van der Waals surface area contributed by atoms with Gasteiger partial charge >= 0.3 is 0 Å². The second kappa shape index (κ2) is 8.73. The van der Waals surface area contributed by atoms with Crippen LogP contribution in [-0.4, -0.2) is 59.9 Å². The number of rotatable bonds is 5. The van der Waals surface area contributed by atoms with Gasteiger partial charge in [-0.3, -0.25) is 9.59 Å². The Morgan fingerprint density at radius 3 is 2.60 bits per heavy atom. The number of amides is 2. The van der Waals surface area contributed by atoms with Crippen molar-refractivity contribution in [1.82, 2.24) is 20.2 Å². The molecule has 2 aromatic rings. The SMILES string of the molecule is CC(C)NC(=O)c1cnc(N(C)C)nc1C1CCN(C(=O)c2ccc(F)c(F)c2)C1. The standard InChI is InChI=1S/C21H25F2N5O2/c1-12(2)25-19(29)15-10-24-21(27(3)4)26-18(15)14-7-8-28(11-14)20(30)13-5-6-16(22)17(23)9-13/h5-6,9-10,12,14H,7-8,11H2,1-4H3,(H,25,29). The minimum absolute atomic E-state index is 0.0473. The second-order valence-electron chi connectivity index (χ2n) is 7.86. The molecule has 1 aliphatic rings. The van der Waals surface area contributed by atoms with Crippen LogP contribution in [0.3, 0.4) is 0 Å². The Morgan fingerprint density at radius 2 is 1.97 bits per heavy atom. The van der Waals surface area contributed by atoms with Gasteiger partial charge in [-0.25, -0.2) is 18.7 Å². The van der Waals surface area contributed by atoms with Crippen molar-refractivity contribution in [3.05, 3.63) is 52.9 Å². The molecule has 0 bridgehead atoms. The van der Waals surface area contributed by atoms with E-state index in [0.29, 0.717) is 36.7 Å². The summed E-state index contributed by atoms with van der Waals surface area (Å²) in [6.07, 6.45) is 2.11. The molecule has 1 aliphatic heterocycles. The van der Waals surface area contributed by atoms with Gasteiger partial charge in [-0.1, -0.05) is 0 Å². The average Bonchev–Trinajstić information content (AvgIpc) is 3.18. The molecule has 1 saturated heterocycles. The minimum Gasteiger partial charge on any atom is -0.350 e. The van der Waals surface area contributed by atoms with E-state index in [1.54, 1.807) is 23.9 Å². The summed E-state index contributed by atoms with van der Waals surface area (Å²) in [4.78, 5) is 37.5. The number of likely N-dealkylation sites (tertiary alicyclic amines) is 1. The van der Waals surface area contributed by atoms with Crippen LogP contribution in [0.25, 0.3) is 0 Å². The normalized spacial score (nSPS) is 16.1. The van der Waals surface area contributed by atoms with Gasteiger partial charge in [0.05, 0.1) is 11.3 Å². The summed E-state index contributed by atoms with van der Waals surface area (Å²) in [5.74, 6) is -2.41. The van der Waals surface area contributed by atoms with E-state index in [1.807, 2.05) is 13.8 Å². The van der Waals surface area contributed by atoms with Crippen LogP contribution in [0, 0.1) is 11.6 Å². The first kappa shape index (κ1) is 21.6. The van der Waals surface area contributed by atoms with Crippen molar-refractivity contribution in [3.8, 4) is 0 Å². The van der Waals surface area contributed by atoms with Crippen LogP contribution in [0.5, 0.6) is 0 Å². The molecule has 1 unspecified atom stereocenters. The fraction of sp³-hybridized carbons (Fsp3) is 0.429. The summed E-state index contributed by atoms with van der Waals surface area (Å²) in [6, 6.07) is 3.07. The maximum Gasteiger partial charge on any atom is 0.254 e. The van der Waals surface area contributed by atoms with Crippen LogP contribution in [0.4, 0.5) is 14.7 Å². The number of benzene rings is 1. The van der Waals surface area contributed by atoms with Crippen LogP contribution in [0.1, 0.15) is 52.6 Å². The van der Waals surface area contributed by atoms with E-state index in [1.165, 1.54) is 12.3 Å². The van der Waals surface area contributed by atoms with Gasteiger partial charge in [-0.15, -0.1) is 0 Å². The Morgan fingerprint density at radius 1 is 1.23 bits per heavy atom. The number of anilines is 1. The molecule has 2 amide bonds. The van der Waals surface area contributed by atoms with Gasteiger partial charge in [0, 0.05) is 50.9 Å². The van der Waals surface area contributed by atoms with E-state index in [-0.39, 0.29) is 29.3 Å². The smallest absolute Gasteiger partial charge is 0.254 e. The van der Waals surface area contributed by atoms with Gasteiger partial charge in [0.25, 0.3) is 11.8 Å². The lowest BCUT2D eigenvalue weighted by molar-refractivity contribution is 0.0790. The van der Waals surface area contributed by atoms with Crippen molar-refractivity contribution in [3.63, 3.8) is 0 Å². The Labute approximate surface area is 174 Å². The first-order chi connectivity index (χ1) is 14.2. The molecule has 1 aromatic carbocycles. The zero-order chi connectivity index (χ0) is 22.0. The zero-order valence-electron chi connectivity index (χ0n) is 17.4. The maximum atomic E-state index is 13.5. The van der Waals surface area contributed by atoms with Crippen molar-refractivity contribution in [2.24, 2.45) is 0 Å². The maximum absolute atomic E-state index is 13.5. The fourth-order valence-electron chi connectivity index (χ4n) is 3.41. The topological polar surface area (TPSA) is 78.4 Å². The summed E-state index contributed by atoms with van der Waals surface area (Å²) in [5, 5.41) is 2.85. The molecule has 1 atom stereocenters. The van der Waals surface area contributed by atoms with E-state index >= 15 is 0 Å². The van der Waals surface area contributed by atoms with Crippen molar-refractivity contribution < 1.29 is 18.4 Å². The molecule has 3 rings (SSSR count). The highest BCUT2D eigenvalue weighted by molar-refractivity contribution is 5.96. The number of carbonyl (C=O) groups excluding carboxylic acids is 2. The monoisotopic (exact) mass is 417 g/mol. The molecule has 160 valence electrons. The van der Waals surface area contributed by atoms with Crippen molar-refractivity contribution in [2.75, 3.05) is 32.1 Å². The highest BCUT2D eigenvalue weighted by Gasteiger charge is 2.32. The molecule has 2 heterocycles. The molecule has 0 spiro atoms. The summed E-state index contributed by atoms with van der Waals surface area (Å²) >= 11 is 0. The lowest BCUT2D eigenvalue weighted by Gasteiger charge is -2.20. The number of halogens is 2. The largest absolute Gasteiger partial charge is 0.350 e. The predicted octanol–water partition coefficient (Wildman–Crippen LogP) is 2.59. The van der Waals surface area contributed by atoms with Crippen LogP contribution < -0.4 is 10.2 Å². The van der Waals surface area contributed by atoms with E-state index in [4.69, 9.17) is 0 Å². The van der Waals surface area contributed by atoms with Crippen LogP contribution in [-0.2, 0) is 0 Å². The van der Waals surface area contributed by atoms with Gasteiger partial charge in [0.1, 0.15) is 0 Å². The molecule has 0 saturated carbocycles. The van der Waals surface area contributed by atoms with Crippen LogP contribution in [0.2, 0.25) is 0 Å². The van der Waals surface area contributed by atoms with Crippen molar-refractivity contribution in [1.29, 1.82) is 0 Å². The molecule has 1 N–H and O–H groups in total. The number of nitrogens with zero attached hydrogens (tertiary/aromatic N) is 4. The van der Waals surface area contributed by atoms with Crippen molar-refractivity contribution in [2.45, 2.75) is 32.2 Å². The molecular weight excluding hydrogens is 392 g/mol. The van der Waals surface area contributed by atoms with Gasteiger partial charge in [-0.05, 0) is 38.5 Å². The molecule has 1 fully saturated rings. The fourth-order valence-corrected chi connectivity index (χ4v) is 3.41. The molecule has 9 heteroatoms. The van der Waals surface area contributed by atoms with E-state index < -0.39 is 11.6 Å². The molecular formula is C21H25F2N5O2.